The predicted molar refractivity (Wildman–Crippen MR) is 120 cm³/mol. The number of aromatic nitrogens is 1. The lowest BCUT2D eigenvalue weighted by Crippen LogP contribution is -2.44. The first-order valence-corrected chi connectivity index (χ1v) is 11.1. The van der Waals surface area contributed by atoms with Gasteiger partial charge in [0.1, 0.15) is 11.3 Å². The smallest absolute Gasteiger partial charge is 0.231 e. The Kier molecular flexibility index (Phi) is 7.99. The van der Waals surface area contributed by atoms with E-state index < -0.39 is 0 Å². The van der Waals surface area contributed by atoms with Gasteiger partial charge in [-0.3, -0.25) is 14.6 Å². The highest BCUT2D eigenvalue weighted by Gasteiger charge is 2.30. The zero-order valence-electron chi connectivity index (χ0n) is 16.6. The number of fused-ring (bicyclic) bond motifs is 1. The topological polar surface area (TPSA) is 54.9 Å². The Morgan fingerprint density at radius 2 is 2.07 bits per heavy atom. The van der Waals surface area contributed by atoms with Crippen LogP contribution in [0.15, 0.2) is 12.1 Å². The van der Waals surface area contributed by atoms with Crippen LogP contribution in [-0.2, 0) is 9.53 Å². The van der Waals surface area contributed by atoms with E-state index in [1.54, 1.807) is 7.11 Å². The second-order valence-corrected chi connectivity index (χ2v) is 8.73. The third kappa shape index (κ3) is 4.97. The van der Waals surface area contributed by atoms with Crippen LogP contribution in [0.5, 0.6) is 5.75 Å². The number of amides is 1. The highest BCUT2D eigenvalue weighted by molar-refractivity contribution is 7.23. The summed E-state index contributed by atoms with van der Waals surface area (Å²) < 4.78 is 11.8. The van der Waals surface area contributed by atoms with Crippen LogP contribution in [0.3, 0.4) is 0 Å². The maximum Gasteiger partial charge on any atom is 0.231 e. The molecule has 1 aromatic carbocycles. The molecule has 0 N–H and O–H groups in total. The van der Waals surface area contributed by atoms with Crippen molar-refractivity contribution in [2.45, 2.75) is 25.7 Å². The van der Waals surface area contributed by atoms with E-state index in [2.05, 4.69) is 4.90 Å². The number of ether oxygens (including phenoxy) is 2. The number of nitrogens with zero attached hydrogens (tertiary/aromatic N) is 3. The van der Waals surface area contributed by atoms with E-state index in [0.29, 0.717) is 22.4 Å². The number of hydrogen-bond donors (Lipinski definition) is 0. The number of halogens is 2. The van der Waals surface area contributed by atoms with Gasteiger partial charge in [0.05, 0.1) is 30.0 Å². The minimum Gasteiger partial charge on any atom is -0.494 e. The number of carbonyl (C=O) groups is 1. The van der Waals surface area contributed by atoms with Crippen LogP contribution in [-0.4, -0.2) is 62.3 Å². The molecule has 4 rings (SSSR count). The van der Waals surface area contributed by atoms with Crippen molar-refractivity contribution < 1.29 is 14.3 Å². The fraction of sp³-hybridized carbons (Fsp3) is 0.600. The van der Waals surface area contributed by atoms with E-state index in [9.17, 15) is 4.79 Å². The summed E-state index contributed by atoms with van der Waals surface area (Å²) in [7, 11) is 1.63. The van der Waals surface area contributed by atoms with Crippen LogP contribution >= 0.6 is 35.3 Å². The Hall–Kier alpha value is -1.12. The van der Waals surface area contributed by atoms with Crippen molar-refractivity contribution in [2.75, 3.05) is 51.4 Å². The van der Waals surface area contributed by atoms with Crippen LogP contribution in [0.25, 0.3) is 10.2 Å². The minimum atomic E-state index is 0. The van der Waals surface area contributed by atoms with Gasteiger partial charge in [0, 0.05) is 32.1 Å². The molecule has 0 radical (unpaired) electrons. The first kappa shape index (κ1) is 22.6. The number of anilines is 1. The van der Waals surface area contributed by atoms with Gasteiger partial charge in [-0.2, -0.15) is 0 Å². The van der Waals surface area contributed by atoms with E-state index in [0.717, 1.165) is 68.7 Å². The lowest BCUT2D eigenvalue weighted by Gasteiger charge is -2.30. The first-order valence-electron chi connectivity index (χ1n) is 9.92. The van der Waals surface area contributed by atoms with Gasteiger partial charge in [-0.25, -0.2) is 4.98 Å². The summed E-state index contributed by atoms with van der Waals surface area (Å²) in [6.07, 6.45) is 4.21. The fourth-order valence-corrected chi connectivity index (χ4v) is 5.27. The number of hydrogen-bond acceptors (Lipinski definition) is 6. The van der Waals surface area contributed by atoms with Crippen molar-refractivity contribution in [3.63, 3.8) is 0 Å². The summed E-state index contributed by atoms with van der Waals surface area (Å²) in [5.74, 6) is 0.984. The van der Waals surface area contributed by atoms with Gasteiger partial charge in [-0.15, -0.1) is 12.4 Å². The van der Waals surface area contributed by atoms with Crippen LogP contribution in [0.1, 0.15) is 25.7 Å². The molecule has 0 unspecified atom stereocenters. The Balaban J connectivity index is 0.00000240. The Labute approximate surface area is 186 Å². The maximum atomic E-state index is 13.3. The standard InChI is InChI=1S/C20H26ClN3O3S.ClH/c1-26-16-7-6-15(21)18-17(16)22-20(28-18)24(19(25)14-4-2-3-5-14)9-8-23-10-12-27-13-11-23;/h6-7,14H,2-5,8-13H2,1H3;1H. The molecule has 6 nitrogen and oxygen atoms in total. The predicted octanol–water partition coefficient (Wildman–Crippen LogP) is 4.24. The van der Waals surface area contributed by atoms with Gasteiger partial charge in [0.15, 0.2) is 5.13 Å². The van der Waals surface area contributed by atoms with Crippen LogP contribution in [0.2, 0.25) is 5.02 Å². The van der Waals surface area contributed by atoms with Crippen LogP contribution < -0.4 is 9.64 Å². The molecular weight excluding hydrogens is 433 g/mol. The minimum absolute atomic E-state index is 0. The van der Waals surface area contributed by atoms with Gasteiger partial charge in [-0.05, 0) is 25.0 Å². The normalized spacial score (nSPS) is 18.0. The zero-order chi connectivity index (χ0) is 19.5. The van der Waals surface area contributed by atoms with Crippen molar-refractivity contribution in [3.05, 3.63) is 17.2 Å². The van der Waals surface area contributed by atoms with E-state index in [-0.39, 0.29) is 24.2 Å². The molecule has 1 amide bonds. The molecule has 0 atom stereocenters. The molecule has 2 aliphatic rings. The molecule has 1 saturated carbocycles. The van der Waals surface area contributed by atoms with E-state index in [4.69, 9.17) is 26.1 Å². The Bertz CT molecular complexity index is 836. The highest BCUT2D eigenvalue weighted by Crippen LogP contribution is 2.39. The van der Waals surface area contributed by atoms with Gasteiger partial charge < -0.3 is 9.47 Å². The zero-order valence-corrected chi connectivity index (χ0v) is 19.0. The molecule has 0 spiro atoms. The van der Waals surface area contributed by atoms with Crippen molar-refractivity contribution in [1.82, 2.24) is 9.88 Å². The Morgan fingerprint density at radius 3 is 2.76 bits per heavy atom. The molecule has 2 heterocycles. The average Bonchev–Trinajstić information content (AvgIpc) is 3.40. The molecule has 1 aliphatic heterocycles. The SMILES string of the molecule is COc1ccc(Cl)c2sc(N(CCN3CCOCC3)C(=O)C3CCCC3)nc12.Cl. The monoisotopic (exact) mass is 459 g/mol. The largest absolute Gasteiger partial charge is 0.494 e. The molecule has 29 heavy (non-hydrogen) atoms. The fourth-order valence-electron chi connectivity index (χ4n) is 3.98. The summed E-state index contributed by atoms with van der Waals surface area (Å²) in [4.78, 5) is 22.3. The quantitative estimate of drug-likeness (QED) is 0.646. The molecule has 0 bridgehead atoms. The summed E-state index contributed by atoms with van der Waals surface area (Å²) in [5.41, 5.74) is 0.727. The molecule has 2 fully saturated rings. The van der Waals surface area contributed by atoms with Crippen molar-refractivity contribution in [1.29, 1.82) is 0 Å². The first-order chi connectivity index (χ1) is 13.7. The molecule has 1 saturated heterocycles. The summed E-state index contributed by atoms with van der Waals surface area (Å²) in [6.45, 7) is 4.78. The summed E-state index contributed by atoms with van der Waals surface area (Å²) >= 11 is 7.87. The molecule has 160 valence electrons. The maximum absolute atomic E-state index is 13.3. The van der Waals surface area contributed by atoms with Crippen molar-refractivity contribution >= 4 is 56.6 Å². The molecule has 9 heteroatoms. The van der Waals surface area contributed by atoms with Crippen LogP contribution in [0.4, 0.5) is 5.13 Å². The van der Waals surface area contributed by atoms with Gasteiger partial charge in [-0.1, -0.05) is 35.8 Å². The Morgan fingerprint density at radius 1 is 1.34 bits per heavy atom. The second-order valence-electron chi connectivity index (χ2n) is 7.35. The van der Waals surface area contributed by atoms with Gasteiger partial charge in [0.2, 0.25) is 5.91 Å². The summed E-state index contributed by atoms with van der Waals surface area (Å²) in [6, 6.07) is 3.65. The van der Waals surface area contributed by atoms with Crippen molar-refractivity contribution in [2.24, 2.45) is 5.92 Å². The van der Waals surface area contributed by atoms with Crippen LogP contribution in [0, 0.1) is 5.92 Å². The molecular formula is C20H27Cl2N3O3S. The third-order valence-electron chi connectivity index (χ3n) is 5.61. The lowest BCUT2D eigenvalue weighted by atomic mass is 10.1. The van der Waals surface area contributed by atoms with E-state index in [1.807, 2.05) is 17.0 Å². The van der Waals surface area contributed by atoms with E-state index in [1.165, 1.54) is 11.3 Å². The summed E-state index contributed by atoms with van der Waals surface area (Å²) in [5, 5.41) is 1.35. The van der Waals surface area contributed by atoms with Crippen molar-refractivity contribution in [3.8, 4) is 5.75 Å². The second kappa shape index (κ2) is 10.3. The molecule has 1 aliphatic carbocycles. The number of methoxy groups -OCH3 is 1. The average molecular weight is 460 g/mol. The number of thiazole rings is 1. The number of benzene rings is 1. The number of rotatable bonds is 6. The number of carbonyl (C=O) groups excluding carboxylic acids is 1. The van der Waals surface area contributed by atoms with Gasteiger partial charge in [0.25, 0.3) is 0 Å². The van der Waals surface area contributed by atoms with E-state index >= 15 is 0 Å². The van der Waals surface area contributed by atoms with Gasteiger partial charge >= 0.3 is 0 Å². The molecule has 2 aromatic rings. The highest BCUT2D eigenvalue weighted by atomic mass is 35.5. The lowest BCUT2D eigenvalue weighted by molar-refractivity contribution is -0.122. The molecule has 1 aromatic heterocycles. The number of morpholine rings is 1. The third-order valence-corrected chi connectivity index (χ3v) is 7.15.